The highest BCUT2D eigenvalue weighted by Gasteiger charge is 2.15. The number of halogens is 2. The summed E-state index contributed by atoms with van der Waals surface area (Å²) in [5, 5.41) is 5.56. The van der Waals surface area contributed by atoms with Crippen molar-refractivity contribution >= 4 is 34.7 Å². The minimum atomic E-state index is -0.667. The average Bonchev–Trinajstić information content (AvgIpc) is 2.67. The van der Waals surface area contributed by atoms with E-state index in [4.69, 9.17) is 10.5 Å². The van der Waals surface area contributed by atoms with Gasteiger partial charge in [-0.15, -0.1) is 0 Å². The maximum Gasteiger partial charge on any atom is 0.339 e. The maximum absolute atomic E-state index is 13.8. The second-order valence-electron chi connectivity index (χ2n) is 5.40. The van der Waals surface area contributed by atoms with Gasteiger partial charge in [-0.3, -0.25) is 0 Å². The van der Waals surface area contributed by atoms with Crippen molar-refractivity contribution in [1.29, 1.82) is 0 Å². The van der Waals surface area contributed by atoms with E-state index in [1.54, 1.807) is 24.3 Å². The first kappa shape index (κ1) is 18.1. The molecule has 0 aliphatic heterocycles. The number of methoxy groups -OCH3 is 1. The van der Waals surface area contributed by atoms with Gasteiger partial charge in [0.1, 0.15) is 23.6 Å². The lowest BCUT2D eigenvalue weighted by atomic mass is 10.2. The van der Waals surface area contributed by atoms with Crippen LogP contribution in [0.25, 0.3) is 0 Å². The minimum absolute atomic E-state index is 0.0563. The number of aromatic nitrogens is 2. The number of esters is 1. The Morgan fingerprint density at radius 3 is 2.41 bits per heavy atom. The van der Waals surface area contributed by atoms with E-state index in [1.807, 2.05) is 0 Å². The number of carbonyl (C=O) groups excluding carboxylic acids is 1. The van der Waals surface area contributed by atoms with Gasteiger partial charge in [-0.05, 0) is 24.3 Å². The van der Waals surface area contributed by atoms with E-state index >= 15 is 0 Å². The molecule has 1 aromatic heterocycles. The molecule has 1 heterocycles. The van der Waals surface area contributed by atoms with Crippen LogP contribution in [0.3, 0.4) is 0 Å². The molecule has 0 fully saturated rings. The third-order valence-electron chi connectivity index (χ3n) is 3.65. The fourth-order valence-electron chi connectivity index (χ4n) is 2.32. The molecule has 138 valence electrons. The molecule has 0 aliphatic rings. The molecule has 0 aliphatic carbocycles. The molecule has 0 bridgehead atoms. The van der Waals surface area contributed by atoms with Gasteiger partial charge in [-0.2, -0.15) is 0 Å². The van der Waals surface area contributed by atoms with E-state index in [9.17, 15) is 13.6 Å². The molecule has 7 nitrogen and oxygen atoms in total. The lowest BCUT2D eigenvalue weighted by Crippen LogP contribution is -2.09. The van der Waals surface area contributed by atoms with Gasteiger partial charge in [0.15, 0.2) is 11.6 Å². The predicted octanol–water partition coefficient (Wildman–Crippen LogP) is 3.61. The van der Waals surface area contributed by atoms with Crippen LogP contribution in [0.4, 0.5) is 37.5 Å². The molecule has 3 rings (SSSR count). The van der Waals surface area contributed by atoms with Gasteiger partial charge in [0.05, 0.1) is 24.0 Å². The van der Waals surface area contributed by atoms with Crippen LogP contribution in [0.5, 0.6) is 0 Å². The lowest BCUT2D eigenvalue weighted by molar-refractivity contribution is 0.0602. The molecule has 0 spiro atoms. The van der Waals surface area contributed by atoms with Crippen molar-refractivity contribution in [2.24, 2.45) is 0 Å². The number of anilines is 5. The number of nitrogen functional groups attached to an aromatic ring is 1. The second kappa shape index (κ2) is 7.65. The number of benzene rings is 2. The Kier molecular flexibility index (Phi) is 5.11. The van der Waals surface area contributed by atoms with E-state index in [2.05, 4.69) is 20.6 Å². The Bertz CT molecular complexity index is 997. The number of para-hydroxylation sites is 1. The van der Waals surface area contributed by atoms with E-state index in [1.165, 1.54) is 13.4 Å². The number of nitrogens with one attached hydrogen (secondary N) is 2. The van der Waals surface area contributed by atoms with Gasteiger partial charge in [0.2, 0.25) is 0 Å². The zero-order valence-corrected chi connectivity index (χ0v) is 14.2. The topological polar surface area (TPSA) is 102 Å². The fourth-order valence-corrected chi connectivity index (χ4v) is 2.32. The Labute approximate surface area is 153 Å². The Morgan fingerprint density at radius 1 is 1.04 bits per heavy atom. The van der Waals surface area contributed by atoms with Crippen molar-refractivity contribution in [3.05, 3.63) is 66.0 Å². The molecule has 2 aromatic carbocycles. The van der Waals surface area contributed by atoms with Crippen LogP contribution in [-0.4, -0.2) is 23.0 Å². The maximum atomic E-state index is 13.8. The molecule has 27 heavy (non-hydrogen) atoms. The number of rotatable bonds is 5. The van der Waals surface area contributed by atoms with Crippen LogP contribution in [-0.2, 0) is 4.74 Å². The fraction of sp³-hybridized carbons (Fsp3) is 0.0556. The second-order valence-corrected chi connectivity index (χ2v) is 5.40. The van der Waals surface area contributed by atoms with Gasteiger partial charge in [0.25, 0.3) is 0 Å². The number of nitrogens with two attached hydrogens (primary N) is 1. The zero-order chi connectivity index (χ0) is 19.4. The Hall–Kier alpha value is -3.75. The van der Waals surface area contributed by atoms with E-state index in [-0.39, 0.29) is 28.6 Å². The van der Waals surface area contributed by atoms with Crippen molar-refractivity contribution in [2.45, 2.75) is 0 Å². The summed E-state index contributed by atoms with van der Waals surface area (Å²) in [7, 11) is 1.27. The average molecular weight is 371 g/mol. The molecule has 0 unspecified atom stereocenters. The first-order valence-corrected chi connectivity index (χ1v) is 7.76. The Morgan fingerprint density at radius 2 is 1.70 bits per heavy atom. The predicted molar refractivity (Wildman–Crippen MR) is 97.1 cm³/mol. The molecular formula is C18H15F2N5O2. The summed E-state index contributed by atoms with van der Waals surface area (Å²) in [6, 6.07) is 9.59. The highest BCUT2D eigenvalue weighted by atomic mass is 19.1. The molecule has 4 N–H and O–H groups in total. The van der Waals surface area contributed by atoms with Crippen molar-refractivity contribution in [3.63, 3.8) is 0 Å². The highest BCUT2D eigenvalue weighted by Crippen LogP contribution is 2.30. The van der Waals surface area contributed by atoms with Crippen LogP contribution in [0.2, 0.25) is 0 Å². The molecule has 3 aromatic rings. The quantitative estimate of drug-likeness (QED) is 0.589. The van der Waals surface area contributed by atoms with Crippen molar-refractivity contribution in [1.82, 2.24) is 9.97 Å². The third kappa shape index (κ3) is 3.92. The number of hydrogen-bond acceptors (Lipinski definition) is 7. The normalized spacial score (nSPS) is 10.3. The number of ether oxygens (including phenoxy) is 1. The van der Waals surface area contributed by atoms with E-state index in [0.29, 0.717) is 5.69 Å². The van der Waals surface area contributed by atoms with Crippen LogP contribution in [0.1, 0.15) is 10.4 Å². The molecule has 0 atom stereocenters. The smallest absolute Gasteiger partial charge is 0.339 e. The summed E-state index contributed by atoms with van der Waals surface area (Å²) in [6.07, 6.45) is 1.19. The van der Waals surface area contributed by atoms with Gasteiger partial charge in [0, 0.05) is 6.07 Å². The molecule has 0 amide bonds. The SMILES string of the molecule is COC(=O)c1ccccc1Nc1ncnc(Nc2cc(F)ccc2F)c1N. The molecule has 9 heteroatoms. The van der Waals surface area contributed by atoms with Crippen LogP contribution in [0, 0.1) is 11.6 Å². The van der Waals surface area contributed by atoms with Gasteiger partial charge < -0.3 is 21.1 Å². The molecule has 0 saturated heterocycles. The first-order chi connectivity index (χ1) is 13.0. The summed E-state index contributed by atoms with van der Waals surface area (Å²) < 4.78 is 31.9. The third-order valence-corrected chi connectivity index (χ3v) is 3.65. The van der Waals surface area contributed by atoms with E-state index in [0.717, 1.165) is 18.2 Å². The molecule has 0 saturated carbocycles. The lowest BCUT2D eigenvalue weighted by Gasteiger charge is -2.14. The van der Waals surface area contributed by atoms with Gasteiger partial charge >= 0.3 is 5.97 Å². The summed E-state index contributed by atoms with van der Waals surface area (Å²) in [5.74, 6) is -1.56. The van der Waals surface area contributed by atoms with Crippen molar-refractivity contribution in [2.75, 3.05) is 23.5 Å². The van der Waals surface area contributed by atoms with Crippen LogP contribution >= 0.6 is 0 Å². The molecule has 0 radical (unpaired) electrons. The largest absolute Gasteiger partial charge is 0.465 e. The Balaban J connectivity index is 1.92. The molecular weight excluding hydrogens is 356 g/mol. The summed E-state index contributed by atoms with van der Waals surface area (Å²) in [5.41, 5.74) is 6.67. The monoisotopic (exact) mass is 371 g/mol. The zero-order valence-electron chi connectivity index (χ0n) is 14.2. The number of nitrogens with zero attached hydrogens (tertiary/aromatic N) is 2. The first-order valence-electron chi connectivity index (χ1n) is 7.76. The van der Waals surface area contributed by atoms with Crippen LogP contribution in [0.15, 0.2) is 48.8 Å². The van der Waals surface area contributed by atoms with Crippen molar-refractivity contribution < 1.29 is 18.3 Å². The van der Waals surface area contributed by atoms with E-state index < -0.39 is 17.6 Å². The van der Waals surface area contributed by atoms with Crippen LogP contribution < -0.4 is 16.4 Å². The highest BCUT2D eigenvalue weighted by molar-refractivity contribution is 5.97. The standard InChI is InChI=1S/C18H15F2N5O2/c1-27-18(26)11-4-2-3-5-13(11)24-16-15(21)17(23-9-22-16)25-14-8-10(19)6-7-12(14)20/h2-9H,21H2,1H3,(H2,22,23,24,25). The number of carbonyl (C=O) groups is 1. The number of hydrogen-bond donors (Lipinski definition) is 3. The summed E-state index contributed by atoms with van der Waals surface area (Å²) in [6.45, 7) is 0. The van der Waals surface area contributed by atoms with Gasteiger partial charge in [-0.25, -0.2) is 23.5 Å². The van der Waals surface area contributed by atoms with Gasteiger partial charge in [-0.1, -0.05) is 12.1 Å². The van der Waals surface area contributed by atoms with Crippen molar-refractivity contribution in [3.8, 4) is 0 Å². The summed E-state index contributed by atoms with van der Waals surface area (Å²) in [4.78, 5) is 19.9. The minimum Gasteiger partial charge on any atom is -0.465 e. The summed E-state index contributed by atoms with van der Waals surface area (Å²) >= 11 is 0.